The minimum absolute atomic E-state index is 0.304. The smallest absolute Gasteiger partial charge is 0.303 e. The summed E-state index contributed by atoms with van der Waals surface area (Å²) in [6.07, 6.45) is -3.45. The average molecular weight is 680 g/mol. The predicted molar refractivity (Wildman–Crippen MR) is 177 cm³/mol. The third-order valence-corrected chi connectivity index (χ3v) is 8.83. The van der Waals surface area contributed by atoms with Gasteiger partial charge in [0.05, 0.1) is 16.6 Å². The van der Waals surface area contributed by atoms with Gasteiger partial charge >= 0.3 is 13.9 Å². The van der Waals surface area contributed by atoms with E-state index >= 15 is 0 Å². The number of rotatable bonds is 11. The minimum Gasteiger partial charge on any atom is -0.303 e. The van der Waals surface area contributed by atoms with Gasteiger partial charge in [-0.25, -0.2) is 13.8 Å². The van der Waals surface area contributed by atoms with Gasteiger partial charge in [0.1, 0.15) is 5.52 Å². The molecule has 0 aliphatic rings. The topological polar surface area (TPSA) is 152 Å². The van der Waals surface area contributed by atoms with Gasteiger partial charge in [-0.1, -0.05) is 120 Å². The third-order valence-electron chi connectivity index (χ3n) is 8.36. The van der Waals surface area contributed by atoms with Crippen molar-refractivity contribution in [1.82, 2.24) is 35.6 Å². The van der Waals surface area contributed by atoms with Gasteiger partial charge in [0.15, 0.2) is 0 Å². The number of halogens is 2. The van der Waals surface area contributed by atoms with Crippen LogP contribution in [0.2, 0.25) is 0 Å². The van der Waals surface area contributed by atoms with Crippen molar-refractivity contribution >= 4 is 18.9 Å². The first kappa shape index (κ1) is 32.1. The lowest BCUT2D eigenvalue weighted by molar-refractivity contribution is -0.195. The second kappa shape index (κ2) is 12.9. The van der Waals surface area contributed by atoms with Crippen LogP contribution in [-0.2, 0) is 33.6 Å². The summed E-state index contributed by atoms with van der Waals surface area (Å²) in [7, 11) is -5.45. The van der Waals surface area contributed by atoms with E-state index in [1.165, 1.54) is 12.1 Å². The summed E-state index contributed by atoms with van der Waals surface area (Å²) in [5.41, 5.74) is 5.18. The summed E-state index contributed by atoms with van der Waals surface area (Å²) in [4.78, 5) is 18.0. The van der Waals surface area contributed by atoms with Crippen LogP contribution < -0.4 is 0 Å². The Morgan fingerprint density at radius 2 is 1.33 bits per heavy atom. The van der Waals surface area contributed by atoms with Gasteiger partial charge in [0.2, 0.25) is 5.82 Å². The van der Waals surface area contributed by atoms with E-state index in [0.717, 1.165) is 45.5 Å². The van der Waals surface area contributed by atoms with Crippen molar-refractivity contribution < 1.29 is 27.7 Å². The third kappa shape index (κ3) is 6.65. The normalized spacial score (nSPS) is 13.4. The molecule has 49 heavy (non-hydrogen) atoms. The number of hydrogen-bond acceptors (Lipinski definition) is 7. The number of benzene rings is 5. The van der Waals surface area contributed by atoms with E-state index in [9.17, 15) is 13.3 Å². The first-order valence-electron chi connectivity index (χ1n) is 15.1. The van der Waals surface area contributed by atoms with Crippen LogP contribution in [-0.4, -0.2) is 45.4 Å². The molecule has 0 radical (unpaired) electrons. The fourth-order valence-corrected chi connectivity index (χ4v) is 6.58. The van der Waals surface area contributed by atoms with Crippen molar-refractivity contribution in [2.24, 2.45) is 0 Å². The summed E-state index contributed by atoms with van der Waals surface area (Å²) in [5, 5.41) is 23.6. The Morgan fingerprint density at radius 3 is 1.98 bits per heavy atom. The molecule has 1 atom stereocenters. The quantitative estimate of drug-likeness (QED) is 0.127. The maximum absolute atomic E-state index is 14.6. The Morgan fingerprint density at radius 1 is 0.714 bits per heavy atom. The maximum atomic E-state index is 14.6. The number of para-hydroxylation sites is 1. The van der Waals surface area contributed by atoms with Crippen molar-refractivity contribution in [1.29, 1.82) is 0 Å². The summed E-state index contributed by atoms with van der Waals surface area (Å²) >= 11 is 0. The lowest BCUT2D eigenvalue weighted by Gasteiger charge is -2.36. The molecule has 0 spiro atoms. The van der Waals surface area contributed by atoms with Crippen LogP contribution in [0, 0.1) is 0 Å². The number of aromatic amines is 1. The molecule has 3 N–H and O–H groups in total. The van der Waals surface area contributed by atoms with E-state index in [4.69, 9.17) is 9.79 Å². The molecule has 0 aliphatic heterocycles. The molecule has 0 aliphatic carbocycles. The largest absolute Gasteiger partial charge is 0.474 e. The number of alkyl halides is 2. The Balaban J connectivity index is 1.32. The first-order valence-corrected chi connectivity index (χ1v) is 16.7. The van der Waals surface area contributed by atoms with Crippen molar-refractivity contribution in [2.75, 3.05) is 0 Å². The Bertz CT molecular complexity index is 2240. The standard InChI is InChI=1S/C35H28F2N7O4P/c36-35(37,48-49(45,46)47)28-20-16-25(17-21-28)23-34(27-8-2-1-3-9-27,44-32-13-7-6-12-31(32)38-43-44)22-24-14-18-26(19-15-24)29-10-4-5-11-30(29)33-39-41-42-40-33/h1-21H,22-23H2,(H2,45,46,47)(H,39,40,41,42). The molecule has 14 heteroatoms. The van der Waals surface area contributed by atoms with Crippen molar-refractivity contribution in [3.63, 3.8) is 0 Å². The molecule has 0 amide bonds. The molecule has 2 aromatic heterocycles. The highest BCUT2D eigenvalue weighted by Crippen LogP contribution is 2.47. The Labute approximate surface area is 278 Å². The molecule has 0 saturated heterocycles. The molecule has 7 rings (SSSR count). The van der Waals surface area contributed by atoms with Crippen LogP contribution in [0.5, 0.6) is 0 Å². The van der Waals surface area contributed by atoms with E-state index in [1.807, 2.05) is 108 Å². The van der Waals surface area contributed by atoms with E-state index < -0.39 is 25.0 Å². The van der Waals surface area contributed by atoms with E-state index in [-0.39, 0.29) is 0 Å². The zero-order valence-electron chi connectivity index (χ0n) is 25.6. The zero-order valence-corrected chi connectivity index (χ0v) is 26.5. The fraction of sp³-hybridized carbons (Fsp3) is 0.114. The molecule has 1 unspecified atom stereocenters. The van der Waals surface area contributed by atoms with Gasteiger partial charge in [-0.15, -0.1) is 15.3 Å². The highest BCUT2D eigenvalue weighted by molar-refractivity contribution is 7.46. The van der Waals surface area contributed by atoms with E-state index in [1.54, 1.807) is 0 Å². The van der Waals surface area contributed by atoms with Gasteiger partial charge in [-0.05, 0) is 45.2 Å². The fourth-order valence-electron chi connectivity index (χ4n) is 6.17. The molecule has 11 nitrogen and oxygen atoms in total. The van der Waals surface area contributed by atoms with Crippen LogP contribution in [0.1, 0.15) is 22.3 Å². The van der Waals surface area contributed by atoms with Crippen LogP contribution >= 0.6 is 7.82 Å². The summed E-state index contributed by atoms with van der Waals surface area (Å²) in [6.45, 7) is 0. The van der Waals surface area contributed by atoms with E-state index in [2.05, 4.69) is 35.5 Å². The number of fused-ring (bicyclic) bond motifs is 1. The summed E-state index contributed by atoms with van der Waals surface area (Å²) < 4.78 is 46.0. The SMILES string of the molecule is O=P(O)(O)OC(F)(F)c1ccc(CC(Cc2ccc(-c3ccccc3-c3nn[nH]n3)cc2)(c2ccccc2)n2nnc3ccccc32)cc1. The number of tetrazole rings is 1. The highest BCUT2D eigenvalue weighted by atomic mass is 31.2. The second-order valence-corrected chi connectivity index (χ2v) is 12.7. The van der Waals surface area contributed by atoms with Gasteiger partial charge in [0, 0.05) is 18.4 Å². The van der Waals surface area contributed by atoms with E-state index in [0.29, 0.717) is 29.7 Å². The van der Waals surface area contributed by atoms with Crippen molar-refractivity contribution in [2.45, 2.75) is 24.5 Å². The minimum atomic E-state index is -5.45. The number of phosphoric ester groups is 1. The lowest BCUT2D eigenvalue weighted by atomic mass is 9.78. The van der Waals surface area contributed by atoms with Crippen LogP contribution in [0.4, 0.5) is 8.78 Å². The number of nitrogens with one attached hydrogen (secondary N) is 1. The lowest BCUT2D eigenvalue weighted by Crippen LogP contribution is -2.40. The molecule has 0 saturated carbocycles. The van der Waals surface area contributed by atoms with Gasteiger partial charge in [-0.2, -0.15) is 14.0 Å². The average Bonchev–Trinajstić information content (AvgIpc) is 3.79. The van der Waals surface area contributed by atoms with Gasteiger partial charge in [0.25, 0.3) is 0 Å². The molecular formula is C35H28F2N7O4P. The molecule has 2 heterocycles. The highest BCUT2D eigenvalue weighted by Gasteiger charge is 2.41. The van der Waals surface area contributed by atoms with Crippen molar-refractivity contribution in [3.05, 3.63) is 150 Å². The number of phosphoric acid groups is 1. The number of nitrogens with zero attached hydrogens (tertiary/aromatic N) is 6. The summed E-state index contributed by atoms with van der Waals surface area (Å²) in [6, 6.07) is 38.6. The van der Waals surface area contributed by atoms with Gasteiger partial charge < -0.3 is 9.79 Å². The Hall–Kier alpha value is -5.46. The second-order valence-electron chi connectivity index (χ2n) is 11.5. The summed E-state index contributed by atoms with van der Waals surface area (Å²) in [5.74, 6) is 0.484. The number of aromatic nitrogens is 7. The van der Waals surface area contributed by atoms with Gasteiger partial charge in [-0.3, -0.25) is 0 Å². The zero-order chi connectivity index (χ0) is 34.1. The van der Waals surface area contributed by atoms with Crippen LogP contribution in [0.3, 0.4) is 0 Å². The monoisotopic (exact) mass is 679 g/mol. The Kier molecular flexibility index (Phi) is 8.43. The van der Waals surface area contributed by atoms with Crippen molar-refractivity contribution in [3.8, 4) is 22.5 Å². The molecule has 7 aromatic rings. The predicted octanol–water partition coefficient (Wildman–Crippen LogP) is 6.67. The first-order chi connectivity index (χ1) is 23.6. The number of hydrogen-bond donors (Lipinski definition) is 3. The van der Waals surface area contributed by atoms with Crippen LogP contribution in [0.25, 0.3) is 33.5 Å². The van der Waals surface area contributed by atoms with Crippen LogP contribution in [0.15, 0.2) is 127 Å². The molecular weight excluding hydrogens is 651 g/mol. The maximum Gasteiger partial charge on any atom is 0.474 e. The molecule has 0 bridgehead atoms. The molecule has 5 aromatic carbocycles. The molecule has 0 fully saturated rings. The number of H-pyrrole nitrogens is 1. The molecule has 246 valence electrons.